The molecule has 0 spiro atoms. The Labute approximate surface area is 86.1 Å². The van der Waals surface area contributed by atoms with E-state index in [-0.39, 0.29) is 6.42 Å². The minimum absolute atomic E-state index is 0.107. The number of Topliss-reactive ketones (excluding diaryl/α,β-unsaturated/α-hetero) is 2. The molecule has 0 saturated heterocycles. The van der Waals surface area contributed by atoms with Crippen LogP contribution in [0.4, 0.5) is 0 Å². The van der Waals surface area contributed by atoms with Crippen LogP contribution in [0.15, 0.2) is 24.3 Å². The van der Waals surface area contributed by atoms with Gasteiger partial charge in [-0.3, -0.25) is 14.4 Å². The molecule has 4 nitrogen and oxygen atoms in total. The van der Waals surface area contributed by atoms with Crippen molar-refractivity contribution in [3.63, 3.8) is 0 Å². The first-order chi connectivity index (χ1) is 7.11. The van der Waals surface area contributed by atoms with Gasteiger partial charge in [0.2, 0.25) is 5.91 Å². The van der Waals surface area contributed by atoms with Crippen LogP contribution in [0.3, 0.4) is 0 Å². The van der Waals surface area contributed by atoms with E-state index in [0.717, 1.165) is 0 Å². The largest absolute Gasteiger partial charge is 0.369 e. The van der Waals surface area contributed by atoms with E-state index in [1.165, 1.54) is 0 Å². The zero-order valence-corrected chi connectivity index (χ0v) is 7.90. The van der Waals surface area contributed by atoms with Crippen LogP contribution in [-0.2, 0) is 16.0 Å². The van der Waals surface area contributed by atoms with Crippen LogP contribution in [0.25, 0.3) is 0 Å². The van der Waals surface area contributed by atoms with E-state index < -0.39 is 23.4 Å². The van der Waals surface area contributed by atoms with Crippen molar-refractivity contribution in [3.05, 3.63) is 35.4 Å². The number of carbonyl (C=O) groups excluding carboxylic acids is 3. The summed E-state index contributed by atoms with van der Waals surface area (Å²) in [5.74, 6) is -3.04. The smallest absolute Gasteiger partial charge is 0.235 e. The van der Waals surface area contributed by atoms with Gasteiger partial charge in [-0.1, -0.05) is 24.3 Å². The molecule has 1 atom stereocenters. The minimum Gasteiger partial charge on any atom is -0.369 e. The second-order valence-electron chi connectivity index (χ2n) is 3.50. The van der Waals surface area contributed by atoms with Gasteiger partial charge in [0, 0.05) is 12.0 Å². The van der Waals surface area contributed by atoms with Crippen LogP contribution < -0.4 is 5.73 Å². The average Bonchev–Trinajstić information content (AvgIpc) is 2.17. The molecule has 1 aromatic rings. The molecule has 1 aliphatic rings. The van der Waals surface area contributed by atoms with E-state index in [0.29, 0.717) is 11.1 Å². The summed E-state index contributed by atoms with van der Waals surface area (Å²) in [6, 6.07) is 6.77. The van der Waals surface area contributed by atoms with E-state index in [1.807, 2.05) is 0 Å². The number of nitrogens with two attached hydrogens (primary N) is 1. The summed E-state index contributed by atoms with van der Waals surface area (Å²) in [4.78, 5) is 34.2. The van der Waals surface area contributed by atoms with Gasteiger partial charge in [0.1, 0.15) is 0 Å². The summed E-state index contributed by atoms with van der Waals surface area (Å²) in [7, 11) is 0. The molecule has 4 heteroatoms. The predicted octanol–water partition coefficient (Wildman–Crippen LogP) is 0.0960. The number of primary amides is 1. The quantitative estimate of drug-likeness (QED) is 0.657. The van der Waals surface area contributed by atoms with E-state index in [2.05, 4.69) is 0 Å². The van der Waals surface area contributed by atoms with Crippen LogP contribution >= 0.6 is 0 Å². The van der Waals surface area contributed by atoms with Crippen molar-refractivity contribution < 1.29 is 14.4 Å². The second-order valence-corrected chi connectivity index (χ2v) is 3.50. The predicted molar refractivity (Wildman–Crippen MR) is 52.2 cm³/mol. The Morgan fingerprint density at radius 3 is 2.60 bits per heavy atom. The molecule has 1 aliphatic carbocycles. The van der Waals surface area contributed by atoms with Gasteiger partial charge in [0.15, 0.2) is 17.5 Å². The normalized spacial score (nSPS) is 19.9. The lowest BCUT2D eigenvalue weighted by atomic mass is 9.81. The summed E-state index contributed by atoms with van der Waals surface area (Å²) >= 11 is 0. The van der Waals surface area contributed by atoms with Crippen molar-refractivity contribution in [1.82, 2.24) is 0 Å². The number of hydrogen-bond acceptors (Lipinski definition) is 3. The highest BCUT2D eigenvalue weighted by Crippen LogP contribution is 2.22. The lowest BCUT2D eigenvalue weighted by Crippen LogP contribution is -2.41. The fourth-order valence-corrected chi connectivity index (χ4v) is 1.79. The lowest BCUT2D eigenvalue weighted by Gasteiger charge is -2.19. The zero-order valence-electron chi connectivity index (χ0n) is 7.90. The highest BCUT2D eigenvalue weighted by molar-refractivity contribution is 6.26. The maximum atomic E-state index is 11.7. The lowest BCUT2D eigenvalue weighted by molar-refractivity contribution is -0.129. The molecule has 15 heavy (non-hydrogen) atoms. The Balaban J connectivity index is 2.52. The molecule has 2 N–H and O–H groups in total. The number of hydrogen-bond donors (Lipinski definition) is 1. The highest BCUT2D eigenvalue weighted by atomic mass is 16.2. The summed E-state index contributed by atoms with van der Waals surface area (Å²) in [5, 5.41) is 0. The zero-order chi connectivity index (χ0) is 11.0. The molecule has 0 aromatic heterocycles. The maximum absolute atomic E-state index is 11.7. The maximum Gasteiger partial charge on any atom is 0.235 e. The van der Waals surface area contributed by atoms with Gasteiger partial charge in [-0.2, -0.15) is 0 Å². The Bertz CT molecular complexity index is 465. The van der Waals surface area contributed by atoms with Gasteiger partial charge in [0.05, 0.1) is 0 Å². The van der Waals surface area contributed by atoms with Gasteiger partial charge in [-0.05, 0) is 5.56 Å². The van der Waals surface area contributed by atoms with Crippen LogP contribution in [-0.4, -0.2) is 17.5 Å². The third-order valence-electron chi connectivity index (χ3n) is 2.52. The SMILES string of the molecule is NC(=O)C1C(=O)Cc2ccccc2C1=O. The Kier molecular flexibility index (Phi) is 2.11. The average molecular weight is 203 g/mol. The van der Waals surface area contributed by atoms with Crippen molar-refractivity contribution in [1.29, 1.82) is 0 Å². The molecule has 2 rings (SSSR count). The fourth-order valence-electron chi connectivity index (χ4n) is 1.79. The summed E-state index contributed by atoms with van der Waals surface area (Å²) < 4.78 is 0. The standard InChI is InChI=1S/C11H9NO3/c12-11(15)9-8(13)5-6-3-1-2-4-7(6)10(9)14/h1-4,9H,5H2,(H2,12,15). The Hall–Kier alpha value is -1.97. The first kappa shape index (κ1) is 9.58. The topological polar surface area (TPSA) is 77.2 Å². The van der Waals surface area contributed by atoms with Crippen molar-refractivity contribution in [3.8, 4) is 0 Å². The monoisotopic (exact) mass is 203 g/mol. The molecule has 1 aromatic carbocycles. The molecule has 0 heterocycles. The van der Waals surface area contributed by atoms with Crippen LogP contribution in [0, 0.1) is 5.92 Å². The number of fused-ring (bicyclic) bond motifs is 1. The molecular weight excluding hydrogens is 194 g/mol. The molecule has 76 valence electrons. The molecule has 0 radical (unpaired) electrons. The third kappa shape index (κ3) is 1.44. The number of ketones is 2. The van der Waals surface area contributed by atoms with E-state index in [1.54, 1.807) is 24.3 Å². The molecule has 1 unspecified atom stereocenters. The summed E-state index contributed by atoms with van der Waals surface area (Å²) in [6.07, 6.45) is 0.107. The summed E-state index contributed by atoms with van der Waals surface area (Å²) in [5.41, 5.74) is 6.13. The van der Waals surface area contributed by atoms with Gasteiger partial charge in [-0.25, -0.2) is 0 Å². The van der Waals surface area contributed by atoms with Gasteiger partial charge in [0.25, 0.3) is 0 Å². The van der Waals surface area contributed by atoms with Gasteiger partial charge < -0.3 is 5.73 Å². The Morgan fingerprint density at radius 2 is 1.93 bits per heavy atom. The fraction of sp³-hybridized carbons (Fsp3) is 0.182. The van der Waals surface area contributed by atoms with E-state index >= 15 is 0 Å². The summed E-state index contributed by atoms with van der Waals surface area (Å²) in [6.45, 7) is 0. The van der Waals surface area contributed by atoms with Crippen molar-refractivity contribution >= 4 is 17.5 Å². The van der Waals surface area contributed by atoms with E-state index in [9.17, 15) is 14.4 Å². The Morgan fingerprint density at radius 1 is 1.27 bits per heavy atom. The van der Waals surface area contributed by atoms with Crippen molar-refractivity contribution in [2.24, 2.45) is 11.7 Å². The molecular formula is C11H9NO3. The van der Waals surface area contributed by atoms with E-state index in [4.69, 9.17) is 5.73 Å². The molecule has 0 saturated carbocycles. The minimum atomic E-state index is -1.29. The van der Waals surface area contributed by atoms with Crippen LogP contribution in [0.1, 0.15) is 15.9 Å². The molecule has 1 amide bonds. The van der Waals surface area contributed by atoms with Crippen LogP contribution in [0.2, 0.25) is 0 Å². The third-order valence-corrected chi connectivity index (χ3v) is 2.52. The number of carbonyl (C=O) groups is 3. The number of benzene rings is 1. The second kappa shape index (κ2) is 3.31. The first-order valence-electron chi connectivity index (χ1n) is 4.55. The first-order valence-corrected chi connectivity index (χ1v) is 4.55. The van der Waals surface area contributed by atoms with Crippen molar-refractivity contribution in [2.45, 2.75) is 6.42 Å². The van der Waals surface area contributed by atoms with Crippen molar-refractivity contribution in [2.75, 3.05) is 0 Å². The van der Waals surface area contributed by atoms with Crippen LogP contribution in [0.5, 0.6) is 0 Å². The van der Waals surface area contributed by atoms with Gasteiger partial charge >= 0.3 is 0 Å². The molecule has 0 bridgehead atoms. The molecule has 0 fully saturated rings. The molecule has 0 aliphatic heterocycles. The highest BCUT2D eigenvalue weighted by Gasteiger charge is 2.37. The number of rotatable bonds is 1. The number of amides is 1. The van der Waals surface area contributed by atoms with Gasteiger partial charge in [-0.15, -0.1) is 0 Å².